The van der Waals surface area contributed by atoms with Crippen LogP contribution in [0.25, 0.3) is 5.76 Å². The highest BCUT2D eigenvalue weighted by molar-refractivity contribution is 9.10. The zero-order valence-corrected chi connectivity index (χ0v) is 24.4. The van der Waals surface area contributed by atoms with Crippen LogP contribution in [0, 0.1) is 5.82 Å². The molecule has 7 nitrogen and oxygen atoms in total. The van der Waals surface area contributed by atoms with Gasteiger partial charge < -0.3 is 9.84 Å². The summed E-state index contributed by atoms with van der Waals surface area (Å²) in [5, 5.41) is 19.9. The molecule has 0 radical (unpaired) electrons. The number of thioether (sulfide) groups is 1. The summed E-state index contributed by atoms with van der Waals surface area (Å²) in [7, 11) is 0. The van der Waals surface area contributed by atoms with Gasteiger partial charge in [0.15, 0.2) is 4.34 Å². The fourth-order valence-electron chi connectivity index (χ4n) is 4.19. The molecule has 1 aromatic heterocycles. The molecule has 1 fully saturated rings. The van der Waals surface area contributed by atoms with Gasteiger partial charge >= 0.3 is 5.91 Å². The summed E-state index contributed by atoms with van der Waals surface area (Å²) in [5.74, 6) is -1.28. The molecule has 204 valence electrons. The molecule has 40 heavy (non-hydrogen) atoms. The first-order valence-electron chi connectivity index (χ1n) is 12.4. The molecule has 4 aromatic rings. The lowest BCUT2D eigenvalue weighted by Gasteiger charge is -2.22. The van der Waals surface area contributed by atoms with Crippen molar-refractivity contribution in [2.45, 2.75) is 29.5 Å². The SMILES string of the molecule is CCCOc1ccc(C2/C(=C(/O)c3ccc(Br)cc3)C(=O)C(=O)N2c2nnc(SCc3ccccc3F)s2)cc1. The van der Waals surface area contributed by atoms with Gasteiger partial charge in [0.2, 0.25) is 5.13 Å². The van der Waals surface area contributed by atoms with Crippen LogP contribution in [0.5, 0.6) is 5.75 Å². The number of aliphatic hydroxyl groups is 1. The standard InChI is InChI=1S/C29H23BrFN3O4S2/c1-2-15-38-21-13-9-17(10-14-21)24-23(25(35)18-7-11-20(30)12-8-18)26(36)27(37)34(24)28-32-33-29(40-28)39-16-19-5-3-4-6-22(19)31/h3-14,24,35H,2,15-16H2,1H3/b25-23-. The molecule has 1 atom stereocenters. The van der Waals surface area contributed by atoms with Gasteiger partial charge in [0.05, 0.1) is 18.2 Å². The molecule has 1 amide bonds. The minimum atomic E-state index is -0.943. The summed E-state index contributed by atoms with van der Waals surface area (Å²) < 4.78 is 21.1. The first-order valence-corrected chi connectivity index (χ1v) is 15.0. The number of halogens is 2. The summed E-state index contributed by atoms with van der Waals surface area (Å²) in [6.07, 6.45) is 0.851. The second kappa shape index (κ2) is 12.3. The molecule has 0 spiro atoms. The monoisotopic (exact) mass is 639 g/mol. The Balaban J connectivity index is 1.53. The molecule has 0 saturated carbocycles. The van der Waals surface area contributed by atoms with E-state index in [0.29, 0.717) is 39.1 Å². The zero-order chi connectivity index (χ0) is 28.2. The van der Waals surface area contributed by atoms with Gasteiger partial charge in [0.1, 0.15) is 17.3 Å². The molecule has 1 aliphatic rings. The van der Waals surface area contributed by atoms with E-state index in [2.05, 4.69) is 26.1 Å². The minimum Gasteiger partial charge on any atom is -0.507 e. The number of Topliss-reactive ketones (excluding diaryl/α,β-unsaturated/α-hetero) is 1. The van der Waals surface area contributed by atoms with Crippen molar-refractivity contribution in [3.8, 4) is 5.75 Å². The van der Waals surface area contributed by atoms with Crippen LogP contribution < -0.4 is 9.64 Å². The van der Waals surface area contributed by atoms with Crippen molar-refractivity contribution in [3.63, 3.8) is 0 Å². The van der Waals surface area contributed by atoms with Crippen LogP contribution in [0.3, 0.4) is 0 Å². The number of benzene rings is 3. The fourth-order valence-corrected chi connectivity index (χ4v) is 6.31. The Morgan fingerprint density at radius 1 is 1.07 bits per heavy atom. The number of aromatic nitrogens is 2. The smallest absolute Gasteiger partial charge is 0.301 e. The number of anilines is 1. The van der Waals surface area contributed by atoms with E-state index in [-0.39, 0.29) is 22.3 Å². The summed E-state index contributed by atoms with van der Waals surface area (Å²) >= 11 is 5.77. The van der Waals surface area contributed by atoms with Crippen LogP contribution in [0.4, 0.5) is 9.52 Å². The van der Waals surface area contributed by atoms with Crippen molar-refractivity contribution in [2.24, 2.45) is 0 Å². The largest absolute Gasteiger partial charge is 0.507 e. The first-order chi connectivity index (χ1) is 19.4. The lowest BCUT2D eigenvalue weighted by atomic mass is 9.95. The molecule has 1 unspecified atom stereocenters. The fraction of sp³-hybridized carbons (Fsp3) is 0.172. The van der Waals surface area contributed by atoms with Gasteiger partial charge in [-0.2, -0.15) is 0 Å². The third-order valence-electron chi connectivity index (χ3n) is 6.14. The second-order valence-electron chi connectivity index (χ2n) is 8.82. The van der Waals surface area contributed by atoms with Crippen molar-refractivity contribution in [3.05, 3.63) is 105 Å². The number of rotatable bonds is 9. The summed E-state index contributed by atoms with van der Waals surface area (Å²) in [5.41, 5.74) is 1.46. The average Bonchev–Trinajstić information content (AvgIpc) is 3.53. The van der Waals surface area contributed by atoms with Gasteiger partial charge in [-0.25, -0.2) is 4.39 Å². The molecule has 5 rings (SSSR count). The maximum atomic E-state index is 14.1. The van der Waals surface area contributed by atoms with E-state index in [4.69, 9.17) is 4.74 Å². The van der Waals surface area contributed by atoms with Crippen molar-refractivity contribution < 1.29 is 23.8 Å². The van der Waals surface area contributed by atoms with Crippen molar-refractivity contribution in [2.75, 3.05) is 11.5 Å². The molecule has 0 bridgehead atoms. The lowest BCUT2D eigenvalue weighted by Crippen LogP contribution is -2.29. The highest BCUT2D eigenvalue weighted by Gasteiger charge is 2.48. The van der Waals surface area contributed by atoms with Crippen molar-refractivity contribution >= 4 is 61.6 Å². The van der Waals surface area contributed by atoms with Crippen molar-refractivity contribution in [1.82, 2.24) is 10.2 Å². The van der Waals surface area contributed by atoms with E-state index in [9.17, 15) is 19.1 Å². The maximum Gasteiger partial charge on any atom is 0.301 e. The quantitative estimate of drug-likeness (QED) is 0.0683. The number of ketones is 1. The van der Waals surface area contributed by atoms with Crippen LogP contribution in [-0.2, 0) is 15.3 Å². The normalized spacial score (nSPS) is 16.5. The van der Waals surface area contributed by atoms with E-state index in [0.717, 1.165) is 22.2 Å². The number of ether oxygens (including phenoxy) is 1. The lowest BCUT2D eigenvalue weighted by molar-refractivity contribution is -0.132. The number of carbonyl (C=O) groups is 2. The predicted octanol–water partition coefficient (Wildman–Crippen LogP) is 7.15. The molecular weight excluding hydrogens is 617 g/mol. The molecule has 1 N–H and O–H groups in total. The molecule has 1 aliphatic heterocycles. The van der Waals surface area contributed by atoms with Crippen molar-refractivity contribution in [1.29, 1.82) is 0 Å². The number of nitrogens with zero attached hydrogens (tertiary/aromatic N) is 3. The Morgan fingerprint density at radius 2 is 1.80 bits per heavy atom. The number of hydrogen-bond donors (Lipinski definition) is 1. The Hall–Kier alpha value is -3.54. The Kier molecular flexibility index (Phi) is 8.63. The van der Waals surface area contributed by atoms with Crippen LogP contribution in [0.1, 0.15) is 36.1 Å². The number of amides is 1. The van der Waals surface area contributed by atoms with E-state index in [1.807, 2.05) is 6.92 Å². The third kappa shape index (κ3) is 5.81. The summed E-state index contributed by atoms with van der Waals surface area (Å²) in [6, 6.07) is 19.4. The van der Waals surface area contributed by atoms with Gasteiger partial charge in [-0.3, -0.25) is 14.5 Å². The summed E-state index contributed by atoms with van der Waals surface area (Å²) in [4.78, 5) is 28.1. The van der Waals surface area contributed by atoms with Gasteiger partial charge in [-0.1, -0.05) is 88.4 Å². The highest BCUT2D eigenvalue weighted by atomic mass is 79.9. The van der Waals surface area contributed by atoms with E-state index < -0.39 is 17.7 Å². The molecule has 1 saturated heterocycles. The van der Waals surface area contributed by atoms with Crippen LogP contribution in [0.15, 0.2) is 87.2 Å². The Bertz CT molecular complexity index is 1570. The van der Waals surface area contributed by atoms with Gasteiger partial charge in [0.25, 0.3) is 5.78 Å². The molecule has 2 heterocycles. The maximum absolute atomic E-state index is 14.1. The molecular formula is C29H23BrFN3O4S2. The van der Waals surface area contributed by atoms with E-state index in [1.54, 1.807) is 66.7 Å². The number of hydrogen-bond acceptors (Lipinski definition) is 8. The van der Waals surface area contributed by atoms with E-state index in [1.165, 1.54) is 22.7 Å². The molecule has 3 aromatic carbocycles. The topological polar surface area (TPSA) is 92.6 Å². The van der Waals surface area contributed by atoms with Crippen LogP contribution in [0.2, 0.25) is 0 Å². The molecule has 0 aliphatic carbocycles. The Labute approximate surface area is 246 Å². The Morgan fingerprint density at radius 3 is 2.50 bits per heavy atom. The highest BCUT2D eigenvalue weighted by Crippen LogP contribution is 2.44. The van der Waals surface area contributed by atoms with E-state index >= 15 is 0 Å². The summed E-state index contributed by atoms with van der Waals surface area (Å²) in [6.45, 7) is 2.56. The number of carbonyl (C=O) groups excluding carboxylic acids is 2. The first kappa shape index (κ1) is 28.0. The minimum absolute atomic E-state index is 0.0506. The van der Waals surface area contributed by atoms with Crippen LogP contribution >= 0.6 is 39.0 Å². The zero-order valence-electron chi connectivity index (χ0n) is 21.2. The van der Waals surface area contributed by atoms with Gasteiger partial charge in [0, 0.05) is 15.8 Å². The number of aliphatic hydroxyl groups excluding tert-OH is 1. The average molecular weight is 641 g/mol. The van der Waals surface area contributed by atoms with Gasteiger partial charge in [-0.15, -0.1) is 10.2 Å². The van der Waals surface area contributed by atoms with Crippen LogP contribution in [-0.4, -0.2) is 33.6 Å². The molecule has 11 heteroatoms. The third-order valence-corrected chi connectivity index (χ3v) is 8.77. The van der Waals surface area contributed by atoms with Gasteiger partial charge in [-0.05, 0) is 47.9 Å². The predicted molar refractivity (Wildman–Crippen MR) is 157 cm³/mol. The second-order valence-corrected chi connectivity index (χ2v) is 11.9.